The zero-order valence-corrected chi connectivity index (χ0v) is 11.4. The van der Waals surface area contributed by atoms with E-state index in [0.29, 0.717) is 23.1 Å². The first-order valence-corrected chi connectivity index (χ1v) is 6.87. The van der Waals surface area contributed by atoms with Crippen LogP contribution in [0.3, 0.4) is 0 Å². The molecule has 0 unspecified atom stereocenters. The van der Waals surface area contributed by atoms with E-state index in [1.54, 1.807) is 12.1 Å². The summed E-state index contributed by atoms with van der Waals surface area (Å²) in [6, 6.07) is 8.86. The molecule has 2 aromatic rings. The van der Waals surface area contributed by atoms with Crippen LogP contribution in [0.1, 0.15) is 9.67 Å². The lowest BCUT2D eigenvalue weighted by Gasteiger charge is -2.30. The lowest BCUT2D eigenvalue weighted by Crippen LogP contribution is -2.27. The number of nitrogens with zero attached hydrogens (tertiary/aromatic N) is 1. The molecule has 1 aliphatic heterocycles. The monoisotopic (exact) mass is 295 g/mol. The fourth-order valence-electron chi connectivity index (χ4n) is 2.01. The van der Waals surface area contributed by atoms with E-state index in [4.69, 9.17) is 21.4 Å². The summed E-state index contributed by atoms with van der Waals surface area (Å²) in [5.74, 6) is -0.142. The molecule has 0 aliphatic carbocycles. The molecule has 0 saturated carbocycles. The van der Waals surface area contributed by atoms with Crippen LogP contribution in [-0.2, 0) is 0 Å². The molecule has 0 fully saturated rings. The maximum Gasteiger partial charge on any atom is 0.345 e. The molecule has 4 nitrogen and oxygen atoms in total. The van der Waals surface area contributed by atoms with E-state index in [0.717, 1.165) is 16.4 Å². The summed E-state index contributed by atoms with van der Waals surface area (Å²) in [4.78, 5) is 13.3. The van der Waals surface area contributed by atoms with Gasteiger partial charge >= 0.3 is 5.97 Å². The van der Waals surface area contributed by atoms with Crippen LogP contribution in [-0.4, -0.2) is 24.2 Å². The third-order valence-electron chi connectivity index (χ3n) is 2.85. The molecular formula is C13H10ClNO3S. The number of carboxylic acid groups (broad SMARTS) is 1. The van der Waals surface area contributed by atoms with Gasteiger partial charge in [0, 0.05) is 5.02 Å². The van der Waals surface area contributed by atoms with Crippen molar-refractivity contribution in [1.82, 2.24) is 0 Å². The van der Waals surface area contributed by atoms with Gasteiger partial charge < -0.3 is 14.7 Å². The Morgan fingerprint density at radius 3 is 2.95 bits per heavy atom. The molecule has 1 N–H and O–H groups in total. The lowest BCUT2D eigenvalue weighted by molar-refractivity contribution is 0.0702. The van der Waals surface area contributed by atoms with E-state index in [2.05, 4.69) is 0 Å². The first kappa shape index (κ1) is 12.3. The van der Waals surface area contributed by atoms with Crippen LogP contribution < -0.4 is 9.64 Å². The highest BCUT2D eigenvalue weighted by molar-refractivity contribution is 7.17. The number of carboxylic acids is 1. The number of aromatic carboxylic acids is 1. The zero-order chi connectivity index (χ0) is 13.4. The number of anilines is 2. The fraction of sp³-hybridized carbons (Fsp3) is 0.154. The third kappa shape index (κ3) is 2.27. The van der Waals surface area contributed by atoms with E-state index >= 15 is 0 Å². The summed E-state index contributed by atoms with van der Waals surface area (Å²) >= 11 is 7.26. The van der Waals surface area contributed by atoms with Gasteiger partial charge in [0.1, 0.15) is 17.2 Å². The Hall–Kier alpha value is -1.72. The summed E-state index contributed by atoms with van der Waals surface area (Å²) in [5.41, 5.74) is 0.873. The minimum atomic E-state index is -0.907. The standard InChI is InChI=1S/C13H10ClNO3S/c14-8-1-2-10-9(7-8)15(5-6-18-10)12-4-3-11(19-12)13(16)17/h1-4,7H,5-6H2,(H,16,17). The molecule has 1 aromatic carbocycles. The molecule has 0 atom stereocenters. The summed E-state index contributed by atoms with van der Waals surface area (Å²) in [5, 5.41) is 10.5. The molecule has 2 heterocycles. The van der Waals surface area contributed by atoms with Crippen LogP contribution in [0.4, 0.5) is 10.7 Å². The van der Waals surface area contributed by atoms with Gasteiger partial charge in [0.15, 0.2) is 0 Å². The second-order valence-electron chi connectivity index (χ2n) is 4.06. The molecule has 0 spiro atoms. The van der Waals surface area contributed by atoms with Crippen molar-refractivity contribution in [2.75, 3.05) is 18.1 Å². The number of rotatable bonds is 2. The number of hydrogen-bond donors (Lipinski definition) is 1. The summed E-state index contributed by atoms with van der Waals surface area (Å²) in [6.45, 7) is 1.24. The normalized spacial score (nSPS) is 13.8. The number of halogens is 1. The second kappa shape index (κ2) is 4.75. The van der Waals surface area contributed by atoms with Crippen LogP contribution in [0.5, 0.6) is 5.75 Å². The number of ether oxygens (including phenoxy) is 1. The molecule has 1 aromatic heterocycles. The Morgan fingerprint density at radius 1 is 1.37 bits per heavy atom. The van der Waals surface area contributed by atoms with Gasteiger partial charge in [-0.25, -0.2) is 4.79 Å². The van der Waals surface area contributed by atoms with Crippen molar-refractivity contribution in [3.8, 4) is 5.75 Å². The number of benzene rings is 1. The summed E-state index contributed by atoms with van der Waals surface area (Å²) in [6.07, 6.45) is 0. The Morgan fingerprint density at radius 2 is 2.21 bits per heavy atom. The molecule has 0 amide bonds. The predicted molar refractivity (Wildman–Crippen MR) is 75.2 cm³/mol. The quantitative estimate of drug-likeness (QED) is 0.919. The van der Waals surface area contributed by atoms with Gasteiger partial charge in [0.2, 0.25) is 0 Å². The maximum atomic E-state index is 10.9. The molecular weight excluding hydrogens is 286 g/mol. The van der Waals surface area contributed by atoms with Gasteiger partial charge in [-0.15, -0.1) is 11.3 Å². The van der Waals surface area contributed by atoms with Crippen molar-refractivity contribution in [3.05, 3.63) is 40.2 Å². The molecule has 98 valence electrons. The highest BCUT2D eigenvalue weighted by Gasteiger charge is 2.21. The lowest BCUT2D eigenvalue weighted by atomic mass is 10.2. The third-order valence-corrected chi connectivity index (χ3v) is 4.18. The van der Waals surface area contributed by atoms with Crippen molar-refractivity contribution in [3.63, 3.8) is 0 Å². The van der Waals surface area contributed by atoms with Gasteiger partial charge in [0.25, 0.3) is 0 Å². The van der Waals surface area contributed by atoms with Gasteiger partial charge in [-0.3, -0.25) is 0 Å². The van der Waals surface area contributed by atoms with Crippen LogP contribution in [0.2, 0.25) is 5.02 Å². The van der Waals surface area contributed by atoms with Gasteiger partial charge in [-0.1, -0.05) is 11.6 Å². The summed E-state index contributed by atoms with van der Waals surface area (Å²) in [7, 11) is 0. The number of hydrogen-bond acceptors (Lipinski definition) is 4. The highest BCUT2D eigenvalue weighted by atomic mass is 35.5. The summed E-state index contributed by atoms with van der Waals surface area (Å²) < 4.78 is 5.57. The molecule has 0 bridgehead atoms. The van der Waals surface area contributed by atoms with E-state index in [9.17, 15) is 4.79 Å². The number of fused-ring (bicyclic) bond motifs is 1. The Kier molecular flexibility index (Phi) is 3.08. The Balaban J connectivity index is 2.02. The molecule has 0 saturated heterocycles. The first-order valence-electron chi connectivity index (χ1n) is 5.68. The van der Waals surface area contributed by atoms with Crippen LogP contribution in [0.25, 0.3) is 0 Å². The zero-order valence-electron chi connectivity index (χ0n) is 9.80. The SMILES string of the molecule is O=C(O)c1ccc(N2CCOc3ccc(Cl)cc32)s1. The van der Waals surface area contributed by atoms with Crippen molar-refractivity contribution in [2.24, 2.45) is 0 Å². The average Bonchev–Trinajstić information content (AvgIpc) is 2.87. The Labute approximate surface area is 118 Å². The van der Waals surface area contributed by atoms with Crippen molar-refractivity contribution >= 4 is 39.6 Å². The smallest absolute Gasteiger partial charge is 0.345 e. The minimum absolute atomic E-state index is 0.324. The predicted octanol–water partition coefficient (Wildman–Crippen LogP) is 3.63. The number of carbonyl (C=O) groups is 1. The van der Waals surface area contributed by atoms with Crippen LogP contribution in [0, 0.1) is 0 Å². The van der Waals surface area contributed by atoms with Crippen LogP contribution in [0.15, 0.2) is 30.3 Å². The minimum Gasteiger partial charge on any atom is -0.490 e. The van der Waals surface area contributed by atoms with Gasteiger partial charge in [-0.05, 0) is 30.3 Å². The first-order chi connectivity index (χ1) is 9.15. The fourth-order valence-corrected chi connectivity index (χ4v) is 3.06. The topological polar surface area (TPSA) is 49.8 Å². The molecule has 0 radical (unpaired) electrons. The largest absolute Gasteiger partial charge is 0.490 e. The van der Waals surface area contributed by atoms with Crippen molar-refractivity contribution in [2.45, 2.75) is 0 Å². The second-order valence-corrected chi connectivity index (χ2v) is 5.55. The van der Waals surface area contributed by atoms with Crippen LogP contribution >= 0.6 is 22.9 Å². The van der Waals surface area contributed by atoms with E-state index in [1.807, 2.05) is 23.1 Å². The molecule has 19 heavy (non-hydrogen) atoms. The molecule has 1 aliphatic rings. The average molecular weight is 296 g/mol. The van der Waals surface area contributed by atoms with Crippen molar-refractivity contribution in [1.29, 1.82) is 0 Å². The maximum absolute atomic E-state index is 10.9. The van der Waals surface area contributed by atoms with E-state index in [-0.39, 0.29) is 0 Å². The number of thiophene rings is 1. The van der Waals surface area contributed by atoms with Crippen molar-refractivity contribution < 1.29 is 14.6 Å². The van der Waals surface area contributed by atoms with E-state index < -0.39 is 5.97 Å². The van der Waals surface area contributed by atoms with Gasteiger partial charge in [-0.2, -0.15) is 0 Å². The Bertz CT molecular complexity index is 641. The molecule has 3 rings (SSSR count). The van der Waals surface area contributed by atoms with Gasteiger partial charge in [0.05, 0.1) is 17.2 Å². The van der Waals surface area contributed by atoms with E-state index in [1.165, 1.54) is 11.3 Å². The molecule has 6 heteroatoms. The highest BCUT2D eigenvalue weighted by Crippen LogP contribution is 2.40.